The van der Waals surface area contributed by atoms with E-state index in [1.165, 1.54) is 0 Å². The number of alkyl halides is 1. The van der Waals surface area contributed by atoms with E-state index in [-0.39, 0.29) is 18.4 Å². The minimum absolute atomic E-state index is 0.0767. The molecule has 0 aromatic rings. The summed E-state index contributed by atoms with van der Waals surface area (Å²) in [7, 11) is 0. The van der Waals surface area contributed by atoms with Gasteiger partial charge in [-0.25, -0.2) is 4.39 Å². The molecular formula is C10H20FNO. The number of carbonyl (C=O) groups excluding carboxylic acids is 1. The van der Waals surface area contributed by atoms with E-state index >= 15 is 0 Å². The second kappa shape index (κ2) is 4.58. The van der Waals surface area contributed by atoms with Crippen molar-refractivity contribution in [3.63, 3.8) is 0 Å². The highest BCUT2D eigenvalue weighted by Crippen LogP contribution is 2.21. The summed E-state index contributed by atoms with van der Waals surface area (Å²) in [5, 5.41) is 2.57. The maximum Gasteiger partial charge on any atom is 0.222 e. The first-order valence-corrected chi connectivity index (χ1v) is 4.67. The van der Waals surface area contributed by atoms with Crippen LogP contribution in [0.25, 0.3) is 0 Å². The monoisotopic (exact) mass is 189 g/mol. The molecule has 0 aromatic heterocycles. The number of hydrogen-bond acceptors (Lipinski definition) is 1. The van der Waals surface area contributed by atoms with Crippen LogP contribution < -0.4 is 5.32 Å². The summed E-state index contributed by atoms with van der Waals surface area (Å²) < 4.78 is 13.3. The SMILES string of the molecule is CC(C)C(=O)NCC(F)C(C)(C)C. The first-order valence-electron chi connectivity index (χ1n) is 4.67. The van der Waals surface area contributed by atoms with Crippen molar-refractivity contribution >= 4 is 5.91 Å². The van der Waals surface area contributed by atoms with Crippen LogP contribution >= 0.6 is 0 Å². The van der Waals surface area contributed by atoms with Crippen LogP contribution in [0.5, 0.6) is 0 Å². The molecule has 0 fully saturated rings. The van der Waals surface area contributed by atoms with Gasteiger partial charge in [-0.2, -0.15) is 0 Å². The Balaban J connectivity index is 3.84. The summed E-state index contributed by atoms with van der Waals surface area (Å²) in [5.41, 5.74) is -0.399. The van der Waals surface area contributed by atoms with E-state index in [1.807, 2.05) is 20.8 Å². The van der Waals surface area contributed by atoms with Gasteiger partial charge in [-0.05, 0) is 5.41 Å². The molecule has 0 aliphatic rings. The lowest BCUT2D eigenvalue weighted by atomic mass is 9.90. The van der Waals surface area contributed by atoms with Crippen molar-refractivity contribution in [2.75, 3.05) is 6.54 Å². The Hall–Kier alpha value is -0.600. The van der Waals surface area contributed by atoms with Crippen LogP contribution in [0.2, 0.25) is 0 Å². The summed E-state index contributed by atoms with van der Waals surface area (Å²) in [6, 6.07) is 0. The van der Waals surface area contributed by atoms with Gasteiger partial charge in [0, 0.05) is 12.5 Å². The van der Waals surface area contributed by atoms with Gasteiger partial charge in [-0.1, -0.05) is 34.6 Å². The molecule has 0 heterocycles. The first kappa shape index (κ1) is 12.4. The third-order valence-corrected chi connectivity index (χ3v) is 1.92. The zero-order valence-corrected chi connectivity index (χ0v) is 9.15. The molecule has 3 heteroatoms. The third-order valence-electron chi connectivity index (χ3n) is 1.92. The van der Waals surface area contributed by atoms with Crippen LogP contribution in [0.4, 0.5) is 4.39 Å². The minimum Gasteiger partial charge on any atom is -0.353 e. The van der Waals surface area contributed by atoms with Crippen LogP contribution in [0.1, 0.15) is 34.6 Å². The number of halogens is 1. The number of amides is 1. The standard InChI is InChI=1S/C10H20FNO/c1-7(2)9(13)12-6-8(11)10(3,4)5/h7-8H,6H2,1-5H3,(H,12,13). The fraction of sp³-hybridized carbons (Fsp3) is 0.900. The predicted octanol–water partition coefficient (Wildman–Crippen LogP) is 2.14. The molecule has 1 N–H and O–H groups in total. The summed E-state index contributed by atoms with van der Waals surface area (Å²) in [4.78, 5) is 11.1. The van der Waals surface area contributed by atoms with Crippen molar-refractivity contribution in [1.29, 1.82) is 0 Å². The predicted molar refractivity (Wildman–Crippen MR) is 52.2 cm³/mol. The fourth-order valence-electron chi connectivity index (χ4n) is 0.701. The topological polar surface area (TPSA) is 29.1 Å². The zero-order chi connectivity index (χ0) is 10.6. The molecule has 2 nitrogen and oxygen atoms in total. The van der Waals surface area contributed by atoms with Gasteiger partial charge in [-0.15, -0.1) is 0 Å². The second-order valence-corrected chi connectivity index (χ2v) is 4.73. The van der Waals surface area contributed by atoms with Gasteiger partial charge >= 0.3 is 0 Å². The third kappa shape index (κ3) is 4.86. The van der Waals surface area contributed by atoms with Crippen LogP contribution in [0.3, 0.4) is 0 Å². The lowest BCUT2D eigenvalue weighted by Gasteiger charge is -2.24. The maximum absolute atomic E-state index is 13.3. The van der Waals surface area contributed by atoms with Crippen molar-refractivity contribution in [3.05, 3.63) is 0 Å². The lowest BCUT2D eigenvalue weighted by Crippen LogP contribution is -2.38. The van der Waals surface area contributed by atoms with Gasteiger partial charge in [0.2, 0.25) is 5.91 Å². The molecule has 0 aromatic carbocycles. The van der Waals surface area contributed by atoms with Crippen molar-refractivity contribution in [2.24, 2.45) is 11.3 Å². The van der Waals surface area contributed by atoms with Gasteiger partial charge in [0.1, 0.15) is 6.17 Å². The quantitative estimate of drug-likeness (QED) is 0.724. The lowest BCUT2D eigenvalue weighted by molar-refractivity contribution is -0.124. The van der Waals surface area contributed by atoms with Gasteiger partial charge in [0.25, 0.3) is 0 Å². The number of hydrogen-bond donors (Lipinski definition) is 1. The van der Waals surface area contributed by atoms with Gasteiger partial charge in [-0.3, -0.25) is 4.79 Å². The molecule has 1 unspecified atom stereocenters. The largest absolute Gasteiger partial charge is 0.353 e. The number of carbonyl (C=O) groups is 1. The first-order chi connectivity index (χ1) is 5.75. The van der Waals surface area contributed by atoms with Gasteiger partial charge < -0.3 is 5.32 Å². The highest BCUT2D eigenvalue weighted by molar-refractivity contribution is 5.77. The normalized spacial score (nSPS) is 14.4. The molecule has 78 valence electrons. The number of nitrogens with one attached hydrogen (secondary N) is 1. The molecule has 0 aliphatic carbocycles. The van der Waals surface area contributed by atoms with Crippen LogP contribution in [0, 0.1) is 11.3 Å². The van der Waals surface area contributed by atoms with E-state index in [9.17, 15) is 9.18 Å². The van der Waals surface area contributed by atoms with E-state index in [0.29, 0.717) is 0 Å². The Labute approximate surface area is 79.9 Å². The smallest absolute Gasteiger partial charge is 0.222 e. The van der Waals surface area contributed by atoms with E-state index in [4.69, 9.17) is 0 Å². The Bertz CT molecular complexity index is 172. The molecule has 0 saturated heterocycles. The van der Waals surface area contributed by atoms with Crippen molar-refractivity contribution in [1.82, 2.24) is 5.32 Å². The molecule has 0 bridgehead atoms. The number of rotatable bonds is 3. The Kier molecular flexibility index (Phi) is 4.37. The molecule has 0 spiro atoms. The van der Waals surface area contributed by atoms with Crippen molar-refractivity contribution in [3.8, 4) is 0 Å². The average Bonchev–Trinajstić information content (AvgIpc) is 1.97. The highest BCUT2D eigenvalue weighted by Gasteiger charge is 2.24. The van der Waals surface area contributed by atoms with Crippen molar-refractivity contribution in [2.45, 2.75) is 40.8 Å². The molecule has 0 saturated carbocycles. The average molecular weight is 189 g/mol. The van der Waals surface area contributed by atoms with E-state index in [1.54, 1.807) is 13.8 Å². The summed E-state index contributed by atoms with van der Waals surface area (Å²) in [6.07, 6.45) is -0.991. The van der Waals surface area contributed by atoms with Gasteiger partial charge in [0.05, 0.1) is 0 Å². The van der Waals surface area contributed by atoms with Crippen LogP contribution in [0.15, 0.2) is 0 Å². The minimum atomic E-state index is -0.991. The van der Waals surface area contributed by atoms with Gasteiger partial charge in [0.15, 0.2) is 0 Å². The van der Waals surface area contributed by atoms with Crippen molar-refractivity contribution < 1.29 is 9.18 Å². The summed E-state index contributed by atoms with van der Waals surface area (Å²) >= 11 is 0. The Morgan fingerprint density at radius 1 is 1.38 bits per heavy atom. The molecule has 0 rings (SSSR count). The van der Waals surface area contributed by atoms with Crippen LogP contribution in [-0.4, -0.2) is 18.6 Å². The maximum atomic E-state index is 13.3. The molecule has 13 heavy (non-hydrogen) atoms. The molecule has 1 atom stereocenters. The second-order valence-electron chi connectivity index (χ2n) is 4.73. The zero-order valence-electron chi connectivity index (χ0n) is 9.15. The molecule has 0 aliphatic heterocycles. The highest BCUT2D eigenvalue weighted by atomic mass is 19.1. The fourth-order valence-corrected chi connectivity index (χ4v) is 0.701. The molecule has 1 amide bonds. The molecule has 0 radical (unpaired) electrons. The Morgan fingerprint density at radius 2 is 1.85 bits per heavy atom. The van der Waals surface area contributed by atoms with E-state index < -0.39 is 11.6 Å². The molecular weight excluding hydrogens is 169 g/mol. The van der Waals surface area contributed by atoms with Crippen LogP contribution in [-0.2, 0) is 4.79 Å². The Morgan fingerprint density at radius 3 is 2.15 bits per heavy atom. The summed E-state index contributed by atoms with van der Waals surface area (Å²) in [5.74, 6) is -0.168. The summed E-state index contributed by atoms with van der Waals surface area (Å²) in [6.45, 7) is 9.15. The van der Waals surface area contributed by atoms with E-state index in [2.05, 4.69) is 5.32 Å². The van der Waals surface area contributed by atoms with E-state index in [0.717, 1.165) is 0 Å².